The molecule has 1 aliphatic heterocycles. The van der Waals surface area contributed by atoms with Crippen molar-refractivity contribution in [1.82, 2.24) is 9.80 Å². The second kappa shape index (κ2) is 11.2. The van der Waals surface area contributed by atoms with Crippen molar-refractivity contribution >= 4 is 18.0 Å². The highest BCUT2D eigenvalue weighted by molar-refractivity contribution is 5.83. The summed E-state index contributed by atoms with van der Waals surface area (Å²) < 4.78 is 48.8. The van der Waals surface area contributed by atoms with Gasteiger partial charge in [-0.25, -0.2) is 13.6 Å². The summed E-state index contributed by atoms with van der Waals surface area (Å²) in [4.78, 5) is 39.9. The molecule has 0 radical (unpaired) electrons. The minimum absolute atomic E-state index is 0.0348. The van der Waals surface area contributed by atoms with Crippen LogP contribution in [-0.2, 0) is 28.5 Å². The Labute approximate surface area is 185 Å². The monoisotopic (exact) mass is 458 g/mol. The Morgan fingerprint density at radius 1 is 1.12 bits per heavy atom. The fraction of sp³-hybridized carbons (Fsp3) is 0.571. The van der Waals surface area contributed by atoms with Gasteiger partial charge < -0.3 is 23.8 Å². The van der Waals surface area contributed by atoms with Gasteiger partial charge in [-0.15, -0.1) is 0 Å². The number of carbonyl (C=O) groups excluding carboxylic acids is 3. The lowest BCUT2D eigenvalue weighted by molar-refractivity contribution is -0.150. The van der Waals surface area contributed by atoms with E-state index in [0.29, 0.717) is 6.07 Å². The van der Waals surface area contributed by atoms with Crippen LogP contribution in [0.1, 0.15) is 32.4 Å². The Balaban J connectivity index is 2.52. The highest BCUT2D eigenvalue weighted by Crippen LogP contribution is 2.26. The Morgan fingerprint density at radius 2 is 1.75 bits per heavy atom. The van der Waals surface area contributed by atoms with Crippen molar-refractivity contribution in [2.45, 2.75) is 32.4 Å². The minimum atomic E-state index is -1.12. The molecule has 1 unspecified atom stereocenters. The van der Waals surface area contributed by atoms with Crippen molar-refractivity contribution in [3.8, 4) is 0 Å². The lowest BCUT2D eigenvalue weighted by Crippen LogP contribution is -2.47. The van der Waals surface area contributed by atoms with Gasteiger partial charge in [-0.1, -0.05) is 0 Å². The first-order valence-electron chi connectivity index (χ1n) is 9.96. The highest BCUT2D eigenvalue weighted by Gasteiger charge is 2.33. The second-order valence-corrected chi connectivity index (χ2v) is 8.11. The molecule has 0 N–H and O–H groups in total. The molecule has 1 atom stereocenters. The van der Waals surface area contributed by atoms with E-state index >= 15 is 0 Å². The molecule has 1 heterocycles. The number of hydrogen-bond acceptors (Lipinski definition) is 7. The third-order valence-corrected chi connectivity index (χ3v) is 4.38. The van der Waals surface area contributed by atoms with E-state index < -0.39 is 54.4 Å². The number of benzene rings is 1. The fourth-order valence-electron chi connectivity index (χ4n) is 2.98. The summed E-state index contributed by atoms with van der Waals surface area (Å²) in [5.41, 5.74) is -0.790. The topological polar surface area (TPSA) is 94.6 Å². The van der Waals surface area contributed by atoms with Crippen LogP contribution in [0.25, 0.3) is 0 Å². The van der Waals surface area contributed by atoms with Crippen molar-refractivity contribution in [3.63, 3.8) is 0 Å². The molecule has 1 saturated heterocycles. The maximum absolute atomic E-state index is 14.0. The Bertz CT molecular complexity index is 809. The molecule has 11 heteroatoms. The van der Waals surface area contributed by atoms with Gasteiger partial charge in [-0.05, 0) is 38.5 Å². The maximum Gasteiger partial charge on any atom is 0.412 e. The van der Waals surface area contributed by atoms with Gasteiger partial charge in [0.1, 0.15) is 37.1 Å². The molecule has 9 nitrogen and oxygen atoms in total. The van der Waals surface area contributed by atoms with E-state index in [0.717, 1.165) is 29.0 Å². The molecule has 0 aromatic heterocycles. The molecule has 2 amide bonds. The molecule has 0 saturated carbocycles. The van der Waals surface area contributed by atoms with Crippen LogP contribution < -0.4 is 0 Å². The molecule has 1 fully saturated rings. The third-order valence-electron chi connectivity index (χ3n) is 4.38. The van der Waals surface area contributed by atoms with E-state index in [2.05, 4.69) is 4.74 Å². The first-order valence-corrected chi connectivity index (χ1v) is 9.96. The lowest BCUT2D eigenvalue weighted by Gasteiger charge is -2.35. The van der Waals surface area contributed by atoms with E-state index in [1.165, 1.54) is 0 Å². The van der Waals surface area contributed by atoms with Crippen molar-refractivity contribution in [3.05, 3.63) is 35.4 Å². The normalized spacial score (nSPS) is 18.7. The molecule has 2 rings (SSSR count). The summed E-state index contributed by atoms with van der Waals surface area (Å²) in [7, 11) is 1.15. The number of hydrogen-bond donors (Lipinski definition) is 0. The van der Waals surface area contributed by atoms with Crippen LogP contribution in [0.15, 0.2) is 18.2 Å². The fourth-order valence-corrected chi connectivity index (χ4v) is 2.98. The SMILES string of the molecule is COC(=O)CN1C(=O)COCCOCN(C(=O)OC(C)(C)C)CC1c1cc(F)cc(F)c1. The number of ether oxygens (including phenoxy) is 4. The molecular formula is C21H28F2N2O7. The first-order chi connectivity index (χ1) is 15.0. The van der Waals surface area contributed by atoms with Crippen LogP contribution in [0.3, 0.4) is 0 Å². The number of halogens is 2. The molecule has 0 spiro atoms. The van der Waals surface area contributed by atoms with Gasteiger partial charge >= 0.3 is 12.1 Å². The van der Waals surface area contributed by atoms with E-state index in [1.807, 2.05) is 0 Å². The van der Waals surface area contributed by atoms with Crippen molar-refractivity contribution in [1.29, 1.82) is 0 Å². The zero-order valence-electron chi connectivity index (χ0n) is 18.6. The van der Waals surface area contributed by atoms with Gasteiger partial charge in [-0.2, -0.15) is 0 Å². The number of amides is 2. The number of nitrogens with zero attached hydrogens (tertiary/aromatic N) is 2. The summed E-state index contributed by atoms with van der Waals surface area (Å²) >= 11 is 0. The standard InChI is InChI=1S/C21H28F2N2O7/c1-21(2,3)32-20(28)24-10-17(14-7-15(22)9-16(23)8-14)25(11-19(27)29-4)18(26)12-30-5-6-31-13-24/h7-9,17H,5-6,10-13H2,1-4H3. The van der Waals surface area contributed by atoms with Crippen LogP contribution in [0.5, 0.6) is 0 Å². The molecular weight excluding hydrogens is 430 g/mol. The Hall–Kier alpha value is -2.79. The van der Waals surface area contributed by atoms with E-state index in [-0.39, 0.29) is 32.1 Å². The van der Waals surface area contributed by atoms with E-state index in [9.17, 15) is 23.2 Å². The highest BCUT2D eigenvalue weighted by atomic mass is 19.1. The lowest BCUT2D eigenvalue weighted by atomic mass is 10.0. The van der Waals surface area contributed by atoms with Gasteiger partial charge in [-0.3, -0.25) is 14.5 Å². The van der Waals surface area contributed by atoms with E-state index in [4.69, 9.17) is 14.2 Å². The summed E-state index contributed by atoms with van der Waals surface area (Å²) in [6.45, 7) is 3.76. The van der Waals surface area contributed by atoms with E-state index in [1.54, 1.807) is 20.8 Å². The zero-order chi connectivity index (χ0) is 23.9. The Kier molecular flexibility index (Phi) is 8.90. The van der Waals surface area contributed by atoms with Crippen LogP contribution in [0.4, 0.5) is 13.6 Å². The van der Waals surface area contributed by atoms with Gasteiger partial charge in [0.2, 0.25) is 5.91 Å². The molecule has 0 bridgehead atoms. The molecule has 1 aliphatic rings. The molecule has 1 aromatic carbocycles. The largest absolute Gasteiger partial charge is 0.468 e. The van der Waals surface area contributed by atoms with Gasteiger partial charge in [0.25, 0.3) is 0 Å². The predicted molar refractivity (Wildman–Crippen MR) is 107 cm³/mol. The number of rotatable bonds is 3. The molecule has 1 aromatic rings. The number of esters is 1. The molecule has 32 heavy (non-hydrogen) atoms. The summed E-state index contributed by atoms with van der Waals surface area (Å²) in [6, 6.07) is 1.61. The smallest absolute Gasteiger partial charge is 0.412 e. The van der Waals surface area contributed by atoms with Gasteiger partial charge in [0.05, 0.1) is 32.9 Å². The summed E-state index contributed by atoms with van der Waals surface area (Å²) in [5.74, 6) is -3.14. The van der Waals surface area contributed by atoms with Crippen LogP contribution in [0.2, 0.25) is 0 Å². The number of carbonyl (C=O) groups is 3. The number of methoxy groups -OCH3 is 1. The van der Waals surface area contributed by atoms with Gasteiger partial charge in [0, 0.05) is 6.07 Å². The van der Waals surface area contributed by atoms with Crippen LogP contribution >= 0.6 is 0 Å². The molecule has 178 valence electrons. The summed E-state index contributed by atoms with van der Waals surface area (Å²) in [6.07, 6.45) is -0.759. The summed E-state index contributed by atoms with van der Waals surface area (Å²) in [5, 5.41) is 0. The third kappa shape index (κ3) is 7.72. The maximum atomic E-state index is 14.0. The molecule has 0 aliphatic carbocycles. The zero-order valence-corrected chi connectivity index (χ0v) is 18.6. The average molecular weight is 458 g/mol. The quantitative estimate of drug-likeness (QED) is 0.642. The second-order valence-electron chi connectivity index (χ2n) is 8.11. The van der Waals surface area contributed by atoms with Crippen molar-refractivity contribution in [2.75, 3.05) is 46.8 Å². The Morgan fingerprint density at radius 3 is 2.34 bits per heavy atom. The first kappa shape index (κ1) is 25.5. The predicted octanol–water partition coefficient (Wildman–Crippen LogP) is 2.25. The van der Waals surface area contributed by atoms with Gasteiger partial charge in [0.15, 0.2) is 0 Å². The minimum Gasteiger partial charge on any atom is -0.468 e. The van der Waals surface area contributed by atoms with Crippen LogP contribution in [-0.4, -0.2) is 80.1 Å². The average Bonchev–Trinajstić information content (AvgIpc) is 2.71. The van der Waals surface area contributed by atoms with Crippen molar-refractivity contribution in [2.24, 2.45) is 0 Å². The van der Waals surface area contributed by atoms with Crippen molar-refractivity contribution < 1.29 is 42.1 Å². The van der Waals surface area contributed by atoms with Crippen LogP contribution in [0, 0.1) is 11.6 Å².